The summed E-state index contributed by atoms with van der Waals surface area (Å²) in [5.41, 5.74) is -0.249. The fourth-order valence-electron chi connectivity index (χ4n) is 0.978. The molecule has 6 heteroatoms. The molecular formula is C8H15N3O3. The molecule has 0 saturated carbocycles. The van der Waals surface area contributed by atoms with E-state index < -0.39 is 5.91 Å². The number of amides is 1. The van der Waals surface area contributed by atoms with Crippen LogP contribution >= 0.6 is 0 Å². The number of nitrogens with zero attached hydrogens (tertiary/aromatic N) is 3. The Balaban J connectivity index is 4.81. The van der Waals surface area contributed by atoms with E-state index in [0.717, 1.165) is 0 Å². The van der Waals surface area contributed by atoms with Gasteiger partial charge in [0.1, 0.15) is 5.71 Å². The molecule has 0 aromatic rings. The molecule has 0 radical (unpaired) electrons. The summed E-state index contributed by atoms with van der Waals surface area (Å²) in [4.78, 5) is 13.0. The van der Waals surface area contributed by atoms with Crippen LogP contribution in [0.5, 0.6) is 0 Å². The highest BCUT2D eigenvalue weighted by atomic mass is 16.4. The molecule has 0 rings (SSSR count). The maximum absolute atomic E-state index is 11.6. The van der Waals surface area contributed by atoms with Gasteiger partial charge in [-0.3, -0.25) is 4.79 Å². The van der Waals surface area contributed by atoms with Crippen LogP contribution in [-0.2, 0) is 4.79 Å². The van der Waals surface area contributed by atoms with Crippen LogP contribution in [0.15, 0.2) is 10.3 Å². The molecule has 0 saturated heterocycles. The molecule has 0 aromatic heterocycles. The van der Waals surface area contributed by atoms with E-state index in [1.165, 1.54) is 11.8 Å². The number of carbonyl (C=O) groups excluding carboxylic acids is 1. The third-order valence-electron chi connectivity index (χ3n) is 1.85. The van der Waals surface area contributed by atoms with Gasteiger partial charge < -0.3 is 15.3 Å². The molecule has 0 aliphatic heterocycles. The van der Waals surface area contributed by atoms with Crippen molar-refractivity contribution in [3.05, 3.63) is 0 Å². The number of rotatable bonds is 4. The van der Waals surface area contributed by atoms with E-state index in [0.29, 0.717) is 13.1 Å². The Kier molecular flexibility index (Phi) is 5.28. The Morgan fingerprint density at radius 2 is 1.71 bits per heavy atom. The second-order valence-electron chi connectivity index (χ2n) is 2.61. The fraction of sp³-hybridized carbons (Fsp3) is 0.625. The van der Waals surface area contributed by atoms with Crippen LogP contribution in [0.25, 0.3) is 0 Å². The van der Waals surface area contributed by atoms with Gasteiger partial charge in [-0.15, -0.1) is 0 Å². The van der Waals surface area contributed by atoms with Crippen molar-refractivity contribution in [3.8, 4) is 0 Å². The van der Waals surface area contributed by atoms with Gasteiger partial charge in [-0.1, -0.05) is 10.3 Å². The zero-order valence-electron chi connectivity index (χ0n) is 8.56. The first-order chi connectivity index (χ1) is 6.62. The Hall–Kier alpha value is -1.59. The second-order valence-corrected chi connectivity index (χ2v) is 2.61. The highest BCUT2D eigenvalue weighted by Crippen LogP contribution is 1.94. The maximum Gasteiger partial charge on any atom is 0.277 e. The lowest BCUT2D eigenvalue weighted by Gasteiger charge is -2.18. The summed E-state index contributed by atoms with van der Waals surface area (Å²) in [6.45, 7) is 6.01. The fourth-order valence-corrected chi connectivity index (χ4v) is 0.978. The normalized spacial score (nSPS) is 12.8. The zero-order valence-corrected chi connectivity index (χ0v) is 8.56. The quantitative estimate of drug-likeness (QED) is 0.395. The van der Waals surface area contributed by atoms with Gasteiger partial charge in [0.2, 0.25) is 0 Å². The Morgan fingerprint density at radius 3 is 2.00 bits per heavy atom. The van der Waals surface area contributed by atoms with Crippen LogP contribution in [0.2, 0.25) is 0 Å². The van der Waals surface area contributed by atoms with Crippen molar-refractivity contribution in [2.45, 2.75) is 20.8 Å². The van der Waals surface area contributed by atoms with Crippen molar-refractivity contribution < 1.29 is 15.2 Å². The van der Waals surface area contributed by atoms with E-state index in [9.17, 15) is 4.79 Å². The molecule has 0 spiro atoms. The predicted molar refractivity (Wildman–Crippen MR) is 52.0 cm³/mol. The molecule has 1 amide bonds. The van der Waals surface area contributed by atoms with E-state index in [-0.39, 0.29) is 11.4 Å². The summed E-state index contributed by atoms with van der Waals surface area (Å²) in [7, 11) is 0. The van der Waals surface area contributed by atoms with Gasteiger partial charge in [-0.05, 0) is 20.8 Å². The number of hydrogen-bond donors (Lipinski definition) is 2. The van der Waals surface area contributed by atoms with Crippen molar-refractivity contribution in [2.24, 2.45) is 10.3 Å². The van der Waals surface area contributed by atoms with Gasteiger partial charge >= 0.3 is 0 Å². The molecule has 80 valence electrons. The Morgan fingerprint density at radius 1 is 1.21 bits per heavy atom. The number of oxime groups is 2. The van der Waals surface area contributed by atoms with E-state index in [1.807, 2.05) is 13.8 Å². The molecule has 0 fully saturated rings. The molecule has 0 atom stereocenters. The first-order valence-corrected chi connectivity index (χ1v) is 4.32. The molecule has 0 unspecified atom stereocenters. The summed E-state index contributed by atoms with van der Waals surface area (Å²) in [6.07, 6.45) is 0. The maximum atomic E-state index is 11.6. The molecular weight excluding hydrogens is 186 g/mol. The third kappa shape index (κ3) is 2.72. The smallest absolute Gasteiger partial charge is 0.277 e. The van der Waals surface area contributed by atoms with E-state index in [2.05, 4.69) is 10.3 Å². The van der Waals surface area contributed by atoms with Gasteiger partial charge in [0.15, 0.2) is 5.71 Å². The van der Waals surface area contributed by atoms with Gasteiger partial charge in [-0.2, -0.15) is 0 Å². The molecule has 0 aliphatic rings. The molecule has 0 aromatic carbocycles. The summed E-state index contributed by atoms with van der Waals surface area (Å²) >= 11 is 0. The largest absolute Gasteiger partial charge is 0.411 e. The van der Waals surface area contributed by atoms with Gasteiger partial charge in [0, 0.05) is 13.1 Å². The summed E-state index contributed by atoms with van der Waals surface area (Å²) in [5.74, 6) is -0.451. The van der Waals surface area contributed by atoms with Crippen LogP contribution in [-0.4, -0.2) is 45.7 Å². The van der Waals surface area contributed by atoms with Crippen LogP contribution in [0.1, 0.15) is 20.8 Å². The molecule has 2 N–H and O–H groups in total. The monoisotopic (exact) mass is 201 g/mol. The SMILES string of the molecule is CCN(CC)C(=O)C(=N/O)/C(C)=N\O. The van der Waals surface area contributed by atoms with Crippen molar-refractivity contribution in [1.29, 1.82) is 0 Å². The van der Waals surface area contributed by atoms with Gasteiger partial charge in [0.05, 0.1) is 0 Å². The van der Waals surface area contributed by atoms with Crippen LogP contribution in [0, 0.1) is 0 Å². The standard InChI is InChI=1S/C8H15N3O3/c1-4-11(5-2)8(12)7(10-14)6(3)9-13/h13-14H,4-5H2,1-3H3/b9-6-,10-7+. The van der Waals surface area contributed by atoms with E-state index in [1.54, 1.807) is 0 Å². The third-order valence-corrected chi connectivity index (χ3v) is 1.85. The van der Waals surface area contributed by atoms with Gasteiger partial charge in [-0.25, -0.2) is 0 Å². The van der Waals surface area contributed by atoms with E-state index in [4.69, 9.17) is 10.4 Å². The van der Waals surface area contributed by atoms with Gasteiger partial charge in [0.25, 0.3) is 5.91 Å². The van der Waals surface area contributed by atoms with Crippen molar-refractivity contribution in [3.63, 3.8) is 0 Å². The average Bonchev–Trinajstić information content (AvgIpc) is 2.20. The molecule has 0 heterocycles. The van der Waals surface area contributed by atoms with Crippen molar-refractivity contribution >= 4 is 17.3 Å². The number of carbonyl (C=O) groups is 1. The molecule has 14 heavy (non-hydrogen) atoms. The lowest BCUT2D eigenvalue weighted by Crippen LogP contribution is -2.39. The topological polar surface area (TPSA) is 85.5 Å². The first-order valence-electron chi connectivity index (χ1n) is 4.32. The highest BCUT2D eigenvalue weighted by molar-refractivity contribution is 6.66. The first kappa shape index (κ1) is 12.4. The van der Waals surface area contributed by atoms with Crippen LogP contribution < -0.4 is 0 Å². The summed E-state index contributed by atoms with van der Waals surface area (Å²) < 4.78 is 0. The predicted octanol–water partition coefficient (Wildman–Crippen LogP) is 0.535. The lowest BCUT2D eigenvalue weighted by molar-refractivity contribution is -0.123. The number of hydrogen-bond acceptors (Lipinski definition) is 5. The zero-order chi connectivity index (χ0) is 11.1. The summed E-state index contributed by atoms with van der Waals surface area (Å²) in [6, 6.07) is 0. The molecule has 6 nitrogen and oxygen atoms in total. The van der Waals surface area contributed by atoms with Crippen molar-refractivity contribution in [1.82, 2.24) is 4.90 Å². The Labute approximate surface area is 82.5 Å². The minimum atomic E-state index is -0.451. The Bertz CT molecular complexity index is 257. The summed E-state index contributed by atoms with van der Waals surface area (Å²) in [5, 5.41) is 22.6. The van der Waals surface area contributed by atoms with Crippen molar-refractivity contribution in [2.75, 3.05) is 13.1 Å². The lowest BCUT2D eigenvalue weighted by atomic mass is 10.2. The minimum Gasteiger partial charge on any atom is -0.411 e. The van der Waals surface area contributed by atoms with Crippen LogP contribution in [0.4, 0.5) is 0 Å². The van der Waals surface area contributed by atoms with Crippen LogP contribution in [0.3, 0.4) is 0 Å². The average molecular weight is 201 g/mol. The molecule has 0 aliphatic carbocycles. The highest BCUT2D eigenvalue weighted by Gasteiger charge is 2.20. The molecule has 0 bridgehead atoms. The minimum absolute atomic E-state index is 0.00981. The van der Waals surface area contributed by atoms with E-state index >= 15 is 0 Å². The second kappa shape index (κ2) is 5.95.